The SMILES string of the molecule is CCN(CC)CCn1cc(C(=O)O)c(=O)c2ccc(C)nc21. The average molecular weight is 303 g/mol. The molecule has 6 heteroatoms. The highest BCUT2D eigenvalue weighted by Gasteiger charge is 2.15. The Morgan fingerprint density at radius 2 is 2.00 bits per heavy atom. The Labute approximate surface area is 129 Å². The summed E-state index contributed by atoms with van der Waals surface area (Å²) in [6.07, 6.45) is 1.41. The van der Waals surface area contributed by atoms with Gasteiger partial charge in [0.2, 0.25) is 5.43 Å². The van der Waals surface area contributed by atoms with Crippen molar-refractivity contribution in [1.82, 2.24) is 14.5 Å². The second-order valence-corrected chi connectivity index (χ2v) is 5.22. The van der Waals surface area contributed by atoms with Crippen LogP contribution in [0.25, 0.3) is 11.0 Å². The highest BCUT2D eigenvalue weighted by molar-refractivity contribution is 5.91. The molecule has 0 spiro atoms. The van der Waals surface area contributed by atoms with Crippen LogP contribution in [0, 0.1) is 6.92 Å². The first-order valence-electron chi connectivity index (χ1n) is 7.44. The molecule has 118 valence electrons. The summed E-state index contributed by atoms with van der Waals surface area (Å²) < 4.78 is 1.77. The van der Waals surface area contributed by atoms with Gasteiger partial charge in [-0.1, -0.05) is 13.8 Å². The number of aryl methyl sites for hydroxylation is 1. The fraction of sp³-hybridized carbons (Fsp3) is 0.438. The van der Waals surface area contributed by atoms with E-state index >= 15 is 0 Å². The van der Waals surface area contributed by atoms with Crippen LogP contribution < -0.4 is 5.43 Å². The number of aromatic carboxylic acids is 1. The van der Waals surface area contributed by atoms with Gasteiger partial charge in [-0.3, -0.25) is 4.79 Å². The number of fused-ring (bicyclic) bond motifs is 1. The van der Waals surface area contributed by atoms with E-state index in [-0.39, 0.29) is 5.56 Å². The van der Waals surface area contributed by atoms with Crippen molar-refractivity contribution in [2.24, 2.45) is 0 Å². The molecule has 0 aliphatic carbocycles. The normalized spacial score (nSPS) is 11.3. The summed E-state index contributed by atoms with van der Waals surface area (Å²) in [5, 5.41) is 9.58. The number of hydrogen-bond acceptors (Lipinski definition) is 4. The van der Waals surface area contributed by atoms with Crippen LogP contribution in [0.2, 0.25) is 0 Å². The number of carboxylic acid groups (broad SMARTS) is 1. The van der Waals surface area contributed by atoms with Crippen LogP contribution in [0.4, 0.5) is 0 Å². The number of aromatic nitrogens is 2. The van der Waals surface area contributed by atoms with Gasteiger partial charge in [-0.25, -0.2) is 9.78 Å². The molecule has 0 aliphatic heterocycles. The molecule has 0 saturated heterocycles. The minimum absolute atomic E-state index is 0.210. The first kappa shape index (κ1) is 16.2. The second kappa shape index (κ2) is 6.70. The Kier molecular flexibility index (Phi) is 4.92. The highest BCUT2D eigenvalue weighted by atomic mass is 16.4. The maximum absolute atomic E-state index is 12.2. The molecule has 0 unspecified atom stereocenters. The molecule has 22 heavy (non-hydrogen) atoms. The quantitative estimate of drug-likeness (QED) is 0.880. The molecule has 2 aromatic rings. The van der Waals surface area contributed by atoms with Crippen molar-refractivity contribution in [3.05, 3.63) is 39.8 Å². The van der Waals surface area contributed by atoms with E-state index in [2.05, 4.69) is 23.7 Å². The summed E-state index contributed by atoms with van der Waals surface area (Å²) in [7, 11) is 0. The number of hydrogen-bond donors (Lipinski definition) is 1. The molecule has 0 saturated carbocycles. The van der Waals surface area contributed by atoms with E-state index in [1.54, 1.807) is 16.7 Å². The Morgan fingerprint density at radius 3 is 2.59 bits per heavy atom. The van der Waals surface area contributed by atoms with Crippen molar-refractivity contribution >= 4 is 17.0 Å². The first-order valence-corrected chi connectivity index (χ1v) is 7.44. The van der Waals surface area contributed by atoms with Gasteiger partial charge in [0.25, 0.3) is 0 Å². The van der Waals surface area contributed by atoms with Gasteiger partial charge in [-0.15, -0.1) is 0 Å². The number of pyridine rings is 2. The smallest absolute Gasteiger partial charge is 0.341 e. The van der Waals surface area contributed by atoms with Crippen LogP contribution in [0.3, 0.4) is 0 Å². The van der Waals surface area contributed by atoms with Gasteiger partial charge in [0.05, 0.1) is 5.39 Å². The summed E-state index contributed by atoms with van der Waals surface area (Å²) in [6.45, 7) is 9.23. The van der Waals surface area contributed by atoms with Crippen molar-refractivity contribution in [3.63, 3.8) is 0 Å². The lowest BCUT2D eigenvalue weighted by Crippen LogP contribution is -2.28. The van der Waals surface area contributed by atoms with Crippen molar-refractivity contribution in [2.45, 2.75) is 27.3 Å². The molecule has 0 aliphatic rings. The molecular formula is C16H21N3O3. The zero-order valence-corrected chi connectivity index (χ0v) is 13.2. The standard InChI is InChI=1S/C16H21N3O3/c1-4-18(5-2)8-9-19-10-13(16(21)22)14(20)12-7-6-11(3)17-15(12)19/h6-7,10H,4-5,8-9H2,1-3H3,(H,21,22). The van der Waals surface area contributed by atoms with Gasteiger partial charge < -0.3 is 14.6 Å². The third-order valence-electron chi connectivity index (χ3n) is 3.84. The lowest BCUT2D eigenvalue weighted by molar-refractivity contribution is 0.0694. The molecule has 2 heterocycles. The Balaban J connectivity index is 2.55. The molecule has 0 aromatic carbocycles. The summed E-state index contributed by atoms with van der Waals surface area (Å²) in [5.74, 6) is -1.20. The van der Waals surface area contributed by atoms with E-state index in [4.69, 9.17) is 0 Å². The fourth-order valence-electron chi connectivity index (χ4n) is 2.47. The third kappa shape index (κ3) is 3.17. The van der Waals surface area contributed by atoms with E-state index in [0.717, 1.165) is 25.3 Å². The highest BCUT2D eigenvalue weighted by Crippen LogP contribution is 2.11. The van der Waals surface area contributed by atoms with Crippen LogP contribution in [0.15, 0.2) is 23.1 Å². The van der Waals surface area contributed by atoms with Crippen LogP contribution in [0.1, 0.15) is 29.9 Å². The topological polar surface area (TPSA) is 75.4 Å². The van der Waals surface area contributed by atoms with Crippen molar-refractivity contribution < 1.29 is 9.90 Å². The third-order valence-corrected chi connectivity index (χ3v) is 3.84. The van der Waals surface area contributed by atoms with Crippen molar-refractivity contribution in [3.8, 4) is 0 Å². The van der Waals surface area contributed by atoms with Crippen molar-refractivity contribution in [2.75, 3.05) is 19.6 Å². The first-order chi connectivity index (χ1) is 10.5. The van der Waals surface area contributed by atoms with Gasteiger partial charge in [-0.05, 0) is 32.1 Å². The van der Waals surface area contributed by atoms with E-state index in [9.17, 15) is 14.7 Å². The predicted octanol–water partition coefficient (Wildman–Crippen LogP) is 1.74. The molecule has 0 bridgehead atoms. The Hall–Kier alpha value is -2.21. The number of nitrogens with zero attached hydrogens (tertiary/aromatic N) is 3. The maximum atomic E-state index is 12.2. The molecule has 6 nitrogen and oxygen atoms in total. The molecule has 2 aromatic heterocycles. The molecule has 0 radical (unpaired) electrons. The molecule has 0 fully saturated rings. The Bertz CT molecular complexity index is 748. The van der Waals surface area contributed by atoms with Gasteiger partial charge in [0.1, 0.15) is 11.2 Å². The number of likely N-dealkylation sites (N-methyl/N-ethyl adjacent to an activating group) is 1. The monoisotopic (exact) mass is 303 g/mol. The van der Waals surface area contributed by atoms with Gasteiger partial charge >= 0.3 is 5.97 Å². The minimum atomic E-state index is -1.20. The molecular weight excluding hydrogens is 282 g/mol. The van der Waals surface area contributed by atoms with E-state index in [1.165, 1.54) is 6.20 Å². The fourth-order valence-corrected chi connectivity index (χ4v) is 2.47. The maximum Gasteiger partial charge on any atom is 0.341 e. The molecule has 0 atom stereocenters. The van der Waals surface area contributed by atoms with Crippen LogP contribution in [-0.4, -0.2) is 45.2 Å². The zero-order valence-electron chi connectivity index (χ0n) is 13.2. The minimum Gasteiger partial charge on any atom is -0.477 e. The van der Waals surface area contributed by atoms with Gasteiger partial charge in [-0.2, -0.15) is 0 Å². The van der Waals surface area contributed by atoms with E-state index in [0.29, 0.717) is 17.6 Å². The number of carbonyl (C=O) groups is 1. The van der Waals surface area contributed by atoms with E-state index < -0.39 is 11.4 Å². The molecule has 0 amide bonds. The summed E-state index contributed by atoms with van der Waals surface area (Å²) in [5.41, 5.74) is 0.653. The van der Waals surface area contributed by atoms with Crippen LogP contribution >= 0.6 is 0 Å². The second-order valence-electron chi connectivity index (χ2n) is 5.22. The largest absolute Gasteiger partial charge is 0.477 e. The number of rotatable bonds is 6. The van der Waals surface area contributed by atoms with Crippen LogP contribution in [-0.2, 0) is 6.54 Å². The van der Waals surface area contributed by atoms with Crippen molar-refractivity contribution in [1.29, 1.82) is 0 Å². The average Bonchev–Trinajstić information content (AvgIpc) is 2.49. The summed E-state index contributed by atoms with van der Waals surface area (Å²) >= 11 is 0. The molecule has 2 rings (SSSR count). The number of carboxylic acids is 1. The van der Waals surface area contributed by atoms with Gasteiger partial charge in [0.15, 0.2) is 0 Å². The lowest BCUT2D eigenvalue weighted by Gasteiger charge is -2.20. The summed E-state index contributed by atoms with van der Waals surface area (Å²) in [4.78, 5) is 30.2. The van der Waals surface area contributed by atoms with Gasteiger partial charge in [0, 0.05) is 25.0 Å². The van der Waals surface area contributed by atoms with E-state index in [1.807, 2.05) is 6.92 Å². The Morgan fingerprint density at radius 1 is 1.32 bits per heavy atom. The van der Waals surface area contributed by atoms with Crippen LogP contribution in [0.5, 0.6) is 0 Å². The lowest BCUT2D eigenvalue weighted by atomic mass is 10.2. The predicted molar refractivity (Wildman–Crippen MR) is 85.5 cm³/mol. The summed E-state index contributed by atoms with van der Waals surface area (Å²) in [6, 6.07) is 3.38. The zero-order chi connectivity index (χ0) is 16.3. The molecule has 1 N–H and O–H groups in total.